The third-order valence-electron chi connectivity index (χ3n) is 1.48. The maximum absolute atomic E-state index is 11.2. The summed E-state index contributed by atoms with van der Waals surface area (Å²) in [4.78, 5) is 2.03. The van der Waals surface area contributed by atoms with E-state index in [1.807, 2.05) is 6.92 Å². The van der Waals surface area contributed by atoms with Gasteiger partial charge < -0.3 is 0 Å². The predicted octanol–water partition coefficient (Wildman–Crippen LogP) is 1.70. The van der Waals surface area contributed by atoms with E-state index in [0.29, 0.717) is 0 Å². The molecule has 0 aliphatic rings. The molecule has 3 nitrogen and oxygen atoms in total. The third kappa shape index (κ3) is 1.68. The summed E-state index contributed by atoms with van der Waals surface area (Å²) in [6, 6.07) is 1.62. The Balaban J connectivity index is 3.29. The molecular formula is C7H10O3S2. The third-order valence-corrected chi connectivity index (χ3v) is 3.98. The summed E-state index contributed by atoms with van der Waals surface area (Å²) in [6.45, 7) is 3.63. The molecule has 5 heteroatoms. The lowest BCUT2D eigenvalue weighted by atomic mass is 10.4. The van der Waals surface area contributed by atoms with E-state index in [4.69, 9.17) is 0 Å². The van der Waals surface area contributed by atoms with Crippen LogP contribution in [0.4, 0.5) is 0 Å². The number of thiophene rings is 1. The lowest BCUT2D eigenvalue weighted by Gasteiger charge is -1.97. The molecule has 0 N–H and O–H groups in total. The van der Waals surface area contributed by atoms with Crippen LogP contribution in [0.5, 0.6) is 0 Å². The van der Waals surface area contributed by atoms with Crippen molar-refractivity contribution in [3.8, 4) is 0 Å². The minimum atomic E-state index is -3.50. The second kappa shape index (κ2) is 3.16. The standard InChI is InChI=1S/C7H10O3S2/c1-5-4-7(6(2)11-5)12(8,9)10-3/h4H,1-3H3. The maximum Gasteiger partial charge on any atom is 0.297 e. The minimum absolute atomic E-state index is 0.285. The quantitative estimate of drug-likeness (QED) is 0.692. The Bertz CT molecular complexity index is 375. The number of hydrogen-bond acceptors (Lipinski definition) is 4. The van der Waals surface area contributed by atoms with Crippen molar-refractivity contribution >= 4 is 21.5 Å². The van der Waals surface area contributed by atoms with Crippen LogP contribution in [-0.2, 0) is 14.3 Å². The van der Waals surface area contributed by atoms with E-state index in [9.17, 15) is 8.42 Å². The highest BCUT2D eigenvalue weighted by Gasteiger charge is 2.17. The van der Waals surface area contributed by atoms with Gasteiger partial charge in [0.05, 0.1) is 7.11 Å². The zero-order valence-electron chi connectivity index (χ0n) is 7.12. The van der Waals surface area contributed by atoms with E-state index in [0.717, 1.165) is 9.75 Å². The van der Waals surface area contributed by atoms with E-state index < -0.39 is 10.1 Å². The molecule has 1 aromatic rings. The van der Waals surface area contributed by atoms with Gasteiger partial charge in [0, 0.05) is 9.75 Å². The fourth-order valence-corrected chi connectivity index (χ4v) is 3.12. The highest BCUT2D eigenvalue weighted by atomic mass is 32.2. The molecule has 0 atom stereocenters. The second-order valence-electron chi connectivity index (χ2n) is 2.40. The van der Waals surface area contributed by atoms with Crippen LogP contribution in [0.1, 0.15) is 9.75 Å². The van der Waals surface area contributed by atoms with Gasteiger partial charge in [-0.1, -0.05) is 0 Å². The average molecular weight is 206 g/mol. The lowest BCUT2D eigenvalue weighted by molar-refractivity contribution is 0.397. The first-order valence-electron chi connectivity index (χ1n) is 3.35. The van der Waals surface area contributed by atoms with Crippen molar-refractivity contribution in [1.29, 1.82) is 0 Å². The van der Waals surface area contributed by atoms with Crippen molar-refractivity contribution in [2.24, 2.45) is 0 Å². The Morgan fingerprint density at radius 2 is 2.00 bits per heavy atom. The summed E-state index contributed by atoms with van der Waals surface area (Å²) >= 11 is 1.45. The van der Waals surface area contributed by atoms with Gasteiger partial charge in [-0.05, 0) is 19.9 Å². The van der Waals surface area contributed by atoms with E-state index in [-0.39, 0.29) is 4.90 Å². The molecular weight excluding hydrogens is 196 g/mol. The van der Waals surface area contributed by atoms with Gasteiger partial charge in [0.15, 0.2) is 0 Å². The SMILES string of the molecule is COS(=O)(=O)c1cc(C)sc1C. The Morgan fingerprint density at radius 3 is 2.33 bits per heavy atom. The van der Waals surface area contributed by atoms with E-state index in [2.05, 4.69) is 4.18 Å². The van der Waals surface area contributed by atoms with E-state index in [1.54, 1.807) is 13.0 Å². The summed E-state index contributed by atoms with van der Waals surface area (Å²) in [6.07, 6.45) is 0. The molecule has 1 aromatic heterocycles. The van der Waals surface area contributed by atoms with Crippen LogP contribution >= 0.6 is 11.3 Å². The second-order valence-corrected chi connectivity index (χ2v) is 5.54. The Labute approximate surface area is 76.1 Å². The zero-order valence-corrected chi connectivity index (χ0v) is 8.75. The Hall–Kier alpha value is -0.390. The van der Waals surface area contributed by atoms with Crippen molar-refractivity contribution in [3.63, 3.8) is 0 Å². The molecule has 0 radical (unpaired) electrons. The summed E-state index contributed by atoms with van der Waals surface area (Å²) in [5.74, 6) is 0. The summed E-state index contributed by atoms with van der Waals surface area (Å²) < 4.78 is 26.8. The monoisotopic (exact) mass is 206 g/mol. The van der Waals surface area contributed by atoms with Crippen molar-refractivity contribution in [3.05, 3.63) is 15.8 Å². The highest BCUT2D eigenvalue weighted by Crippen LogP contribution is 2.25. The largest absolute Gasteiger partial charge is 0.297 e. The molecule has 1 heterocycles. The molecule has 0 aliphatic heterocycles. The van der Waals surface area contributed by atoms with Gasteiger partial charge >= 0.3 is 0 Å². The molecule has 12 heavy (non-hydrogen) atoms. The van der Waals surface area contributed by atoms with Gasteiger partial charge in [0.2, 0.25) is 0 Å². The molecule has 0 saturated heterocycles. The van der Waals surface area contributed by atoms with Crippen LogP contribution in [0.2, 0.25) is 0 Å². The van der Waals surface area contributed by atoms with Gasteiger partial charge in [-0.3, -0.25) is 4.18 Å². The smallest absolute Gasteiger partial charge is 0.270 e. The summed E-state index contributed by atoms with van der Waals surface area (Å²) in [5, 5.41) is 0. The van der Waals surface area contributed by atoms with E-state index in [1.165, 1.54) is 18.4 Å². The molecule has 1 rings (SSSR count). The Kier molecular flexibility index (Phi) is 2.55. The fourth-order valence-electron chi connectivity index (χ4n) is 0.945. The van der Waals surface area contributed by atoms with Crippen LogP contribution in [0.3, 0.4) is 0 Å². The average Bonchev–Trinajstić information content (AvgIpc) is 2.31. The molecule has 68 valence electrons. The first-order chi connectivity index (χ1) is 5.47. The molecule has 0 aromatic carbocycles. The lowest BCUT2D eigenvalue weighted by Crippen LogP contribution is -2.02. The number of hydrogen-bond donors (Lipinski definition) is 0. The van der Waals surface area contributed by atoms with Crippen LogP contribution in [0.25, 0.3) is 0 Å². The van der Waals surface area contributed by atoms with Crippen LogP contribution < -0.4 is 0 Å². The molecule has 0 bridgehead atoms. The van der Waals surface area contributed by atoms with Crippen molar-refractivity contribution in [1.82, 2.24) is 0 Å². The fraction of sp³-hybridized carbons (Fsp3) is 0.429. The predicted molar refractivity (Wildman–Crippen MR) is 48.0 cm³/mol. The molecule has 0 fully saturated rings. The van der Waals surface area contributed by atoms with Gasteiger partial charge in [0.1, 0.15) is 4.90 Å². The van der Waals surface area contributed by atoms with Crippen molar-refractivity contribution in [2.75, 3.05) is 7.11 Å². The normalized spacial score (nSPS) is 11.9. The Morgan fingerprint density at radius 1 is 1.42 bits per heavy atom. The highest BCUT2D eigenvalue weighted by molar-refractivity contribution is 7.87. The van der Waals surface area contributed by atoms with Crippen LogP contribution in [-0.4, -0.2) is 15.5 Å². The van der Waals surface area contributed by atoms with E-state index >= 15 is 0 Å². The van der Waals surface area contributed by atoms with Crippen molar-refractivity contribution in [2.45, 2.75) is 18.7 Å². The van der Waals surface area contributed by atoms with Crippen molar-refractivity contribution < 1.29 is 12.6 Å². The number of rotatable bonds is 2. The van der Waals surface area contributed by atoms with Gasteiger partial charge in [-0.25, -0.2) is 0 Å². The van der Waals surface area contributed by atoms with Gasteiger partial charge in [0.25, 0.3) is 10.1 Å². The minimum Gasteiger partial charge on any atom is -0.270 e. The maximum atomic E-state index is 11.2. The summed E-state index contributed by atoms with van der Waals surface area (Å²) in [5.41, 5.74) is 0. The topological polar surface area (TPSA) is 43.4 Å². The van der Waals surface area contributed by atoms with Gasteiger partial charge in [-0.15, -0.1) is 11.3 Å². The molecule has 0 amide bonds. The molecule has 0 aliphatic carbocycles. The van der Waals surface area contributed by atoms with Crippen LogP contribution in [0, 0.1) is 13.8 Å². The summed E-state index contributed by atoms with van der Waals surface area (Å²) in [7, 11) is -2.33. The molecule has 0 saturated carbocycles. The van der Waals surface area contributed by atoms with Crippen LogP contribution in [0.15, 0.2) is 11.0 Å². The number of aryl methyl sites for hydroxylation is 2. The molecule has 0 spiro atoms. The zero-order chi connectivity index (χ0) is 9.35. The first-order valence-corrected chi connectivity index (χ1v) is 5.57. The molecule has 0 unspecified atom stereocenters. The van der Waals surface area contributed by atoms with Gasteiger partial charge in [-0.2, -0.15) is 8.42 Å². The first kappa shape index (κ1) is 9.70.